The molecule has 32 heavy (non-hydrogen) atoms. The Bertz CT molecular complexity index is 1240. The largest absolute Gasteiger partial charge is 0.507 e. The summed E-state index contributed by atoms with van der Waals surface area (Å²) in [5.74, 6) is -1.65. The van der Waals surface area contributed by atoms with Crippen molar-refractivity contribution in [2.45, 2.75) is 13.0 Å². The molecule has 2 aromatic carbocycles. The van der Waals surface area contributed by atoms with E-state index in [9.17, 15) is 14.7 Å². The van der Waals surface area contributed by atoms with Crippen LogP contribution in [0.1, 0.15) is 22.9 Å². The molecule has 0 radical (unpaired) electrons. The van der Waals surface area contributed by atoms with Gasteiger partial charge in [0.15, 0.2) is 5.75 Å². The van der Waals surface area contributed by atoms with Gasteiger partial charge in [-0.25, -0.2) is 0 Å². The number of amides is 1. The quantitative estimate of drug-likeness (QED) is 0.267. The predicted molar refractivity (Wildman–Crippen MR) is 123 cm³/mol. The van der Waals surface area contributed by atoms with Gasteiger partial charge in [0.05, 0.1) is 29.0 Å². The second-order valence-corrected chi connectivity index (χ2v) is 8.34. The number of methoxy groups -OCH3 is 1. The van der Waals surface area contributed by atoms with Crippen molar-refractivity contribution in [2.75, 3.05) is 12.0 Å². The zero-order valence-corrected chi connectivity index (χ0v) is 19.1. The third-order valence-electron chi connectivity index (χ3n) is 5.16. The zero-order chi connectivity index (χ0) is 23.2. The molecule has 1 fully saturated rings. The van der Waals surface area contributed by atoms with Gasteiger partial charge in [0.25, 0.3) is 11.7 Å². The summed E-state index contributed by atoms with van der Waals surface area (Å²) in [7, 11) is 1.41. The summed E-state index contributed by atoms with van der Waals surface area (Å²) < 4.78 is 10.7. The van der Waals surface area contributed by atoms with E-state index in [1.165, 1.54) is 30.4 Å². The van der Waals surface area contributed by atoms with Crippen LogP contribution in [0.2, 0.25) is 15.1 Å². The third-order valence-corrected chi connectivity index (χ3v) is 5.96. The molecule has 1 N–H and O–H groups in total. The van der Waals surface area contributed by atoms with Crippen molar-refractivity contribution < 1.29 is 23.8 Å². The molecule has 1 aromatic heterocycles. The van der Waals surface area contributed by atoms with Crippen LogP contribution in [0.5, 0.6) is 5.75 Å². The molecule has 9 heteroatoms. The summed E-state index contributed by atoms with van der Waals surface area (Å²) in [6, 6.07) is 10.0. The Kier molecular flexibility index (Phi) is 5.95. The summed E-state index contributed by atoms with van der Waals surface area (Å²) in [6.07, 6.45) is 1.42. The second kappa shape index (κ2) is 8.54. The van der Waals surface area contributed by atoms with Crippen molar-refractivity contribution in [2.24, 2.45) is 0 Å². The molecular weight excluding hydrogens is 477 g/mol. The lowest BCUT2D eigenvalue weighted by molar-refractivity contribution is -0.132. The van der Waals surface area contributed by atoms with Gasteiger partial charge in [-0.05, 0) is 48.9 Å². The van der Waals surface area contributed by atoms with Crippen LogP contribution in [0.3, 0.4) is 0 Å². The van der Waals surface area contributed by atoms with Crippen LogP contribution in [0, 0.1) is 6.92 Å². The number of aliphatic hydroxyl groups excluding tert-OH is 1. The topological polar surface area (TPSA) is 80.0 Å². The first-order valence-electron chi connectivity index (χ1n) is 9.38. The van der Waals surface area contributed by atoms with Crippen molar-refractivity contribution in [3.8, 4) is 5.75 Å². The maximum absolute atomic E-state index is 13.1. The van der Waals surface area contributed by atoms with E-state index in [0.29, 0.717) is 16.3 Å². The van der Waals surface area contributed by atoms with Gasteiger partial charge in [-0.2, -0.15) is 0 Å². The molecule has 1 aliphatic heterocycles. The fourth-order valence-electron chi connectivity index (χ4n) is 3.69. The van der Waals surface area contributed by atoms with Crippen molar-refractivity contribution in [3.63, 3.8) is 0 Å². The molecule has 1 atom stereocenters. The Morgan fingerprint density at radius 2 is 1.78 bits per heavy atom. The van der Waals surface area contributed by atoms with Gasteiger partial charge in [0, 0.05) is 16.3 Å². The number of nitrogens with zero attached hydrogens (tertiary/aromatic N) is 1. The maximum Gasteiger partial charge on any atom is 0.300 e. The van der Waals surface area contributed by atoms with Crippen LogP contribution in [-0.4, -0.2) is 23.9 Å². The van der Waals surface area contributed by atoms with E-state index in [-0.39, 0.29) is 32.7 Å². The highest BCUT2D eigenvalue weighted by Crippen LogP contribution is 2.45. The maximum atomic E-state index is 13.1. The van der Waals surface area contributed by atoms with E-state index in [2.05, 4.69) is 0 Å². The van der Waals surface area contributed by atoms with E-state index >= 15 is 0 Å². The molecule has 1 saturated heterocycles. The number of carbonyl (C=O) groups is 2. The van der Waals surface area contributed by atoms with E-state index in [4.69, 9.17) is 44.0 Å². The summed E-state index contributed by atoms with van der Waals surface area (Å²) in [5.41, 5.74) is 1.12. The fraction of sp³-hybridized carbons (Fsp3) is 0.130. The van der Waals surface area contributed by atoms with Crippen LogP contribution in [0.15, 0.2) is 58.7 Å². The monoisotopic (exact) mass is 491 g/mol. The minimum Gasteiger partial charge on any atom is -0.507 e. The summed E-state index contributed by atoms with van der Waals surface area (Å²) in [4.78, 5) is 27.5. The van der Waals surface area contributed by atoms with Crippen molar-refractivity contribution in [1.29, 1.82) is 0 Å². The van der Waals surface area contributed by atoms with Gasteiger partial charge in [-0.1, -0.05) is 40.9 Å². The third kappa shape index (κ3) is 3.64. The standard InChI is InChI=1S/C23H16Cl3NO5/c1-11-5-6-13(24)10-16(11)27-19(17-4-3-7-32-17)18(21(29)23(27)30)20(28)12-8-14(25)22(31-2)15(26)9-12/h3-10,19,28H,1-2H3/b20-18-. The Labute approximate surface area is 198 Å². The van der Waals surface area contributed by atoms with Crippen molar-refractivity contribution >= 4 is 57.9 Å². The molecule has 4 rings (SSSR count). The average Bonchev–Trinajstić information content (AvgIpc) is 3.36. The number of ketones is 1. The van der Waals surface area contributed by atoms with Gasteiger partial charge < -0.3 is 14.3 Å². The molecule has 0 saturated carbocycles. The summed E-state index contributed by atoms with van der Waals surface area (Å²) >= 11 is 18.6. The van der Waals surface area contributed by atoms with Gasteiger partial charge in [0.2, 0.25) is 0 Å². The SMILES string of the molecule is COc1c(Cl)cc(/C(O)=C2/C(=O)C(=O)N(c3cc(Cl)ccc3C)C2c2ccco2)cc1Cl. The van der Waals surface area contributed by atoms with E-state index in [1.807, 2.05) is 0 Å². The number of halogens is 3. The minimum absolute atomic E-state index is 0.135. The van der Waals surface area contributed by atoms with Crippen molar-refractivity contribution in [1.82, 2.24) is 0 Å². The smallest absolute Gasteiger partial charge is 0.300 e. The molecule has 2 heterocycles. The predicted octanol–water partition coefficient (Wildman–Crippen LogP) is 6.18. The zero-order valence-electron chi connectivity index (χ0n) is 16.9. The molecule has 6 nitrogen and oxygen atoms in total. The Hall–Kier alpha value is -2.93. The summed E-state index contributed by atoms with van der Waals surface area (Å²) in [6.45, 7) is 1.78. The first-order chi connectivity index (χ1) is 15.2. The lowest BCUT2D eigenvalue weighted by atomic mass is 9.99. The first kappa shape index (κ1) is 22.3. The lowest BCUT2D eigenvalue weighted by Crippen LogP contribution is -2.30. The summed E-state index contributed by atoms with van der Waals surface area (Å²) in [5, 5.41) is 11.8. The molecule has 1 aliphatic rings. The van der Waals surface area contributed by atoms with Gasteiger partial charge in [-0.3, -0.25) is 14.5 Å². The van der Waals surface area contributed by atoms with Gasteiger partial charge in [-0.15, -0.1) is 0 Å². The second-order valence-electron chi connectivity index (χ2n) is 7.09. The van der Waals surface area contributed by atoms with Crippen LogP contribution in [0.25, 0.3) is 5.76 Å². The van der Waals surface area contributed by atoms with Crippen LogP contribution >= 0.6 is 34.8 Å². The number of anilines is 1. The fourth-order valence-corrected chi connectivity index (χ4v) is 4.49. The molecule has 164 valence electrons. The number of aryl methyl sites for hydroxylation is 1. The number of furan rings is 1. The number of carbonyl (C=O) groups excluding carboxylic acids is 2. The van der Waals surface area contributed by atoms with Gasteiger partial charge >= 0.3 is 0 Å². The molecule has 0 spiro atoms. The number of Topliss-reactive ketones (excluding diaryl/α,β-unsaturated/α-hetero) is 1. The number of benzene rings is 2. The Balaban J connectivity index is 1.96. The number of rotatable bonds is 4. The molecule has 3 aromatic rings. The molecule has 1 amide bonds. The first-order valence-corrected chi connectivity index (χ1v) is 10.5. The van der Waals surface area contributed by atoms with Crippen LogP contribution in [-0.2, 0) is 9.59 Å². The minimum atomic E-state index is -1.03. The highest BCUT2D eigenvalue weighted by Gasteiger charge is 2.48. The Morgan fingerprint density at radius 1 is 1.09 bits per heavy atom. The highest BCUT2D eigenvalue weighted by atomic mass is 35.5. The van der Waals surface area contributed by atoms with Crippen molar-refractivity contribution in [3.05, 3.63) is 86.3 Å². The number of hydrogen-bond acceptors (Lipinski definition) is 5. The van der Waals surface area contributed by atoms with E-state index < -0.39 is 23.5 Å². The molecule has 0 aliphatic carbocycles. The van der Waals surface area contributed by atoms with E-state index in [1.54, 1.807) is 37.3 Å². The van der Waals surface area contributed by atoms with Crippen LogP contribution in [0.4, 0.5) is 5.69 Å². The number of ether oxygens (including phenoxy) is 1. The Morgan fingerprint density at radius 3 is 2.38 bits per heavy atom. The van der Waals surface area contributed by atoms with Crippen LogP contribution < -0.4 is 9.64 Å². The number of aliphatic hydroxyl groups is 1. The van der Waals surface area contributed by atoms with Gasteiger partial charge in [0.1, 0.15) is 17.6 Å². The lowest BCUT2D eigenvalue weighted by Gasteiger charge is -2.25. The average molecular weight is 493 g/mol. The molecular formula is C23H16Cl3NO5. The number of hydrogen-bond donors (Lipinski definition) is 1. The highest BCUT2D eigenvalue weighted by molar-refractivity contribution is 6.52. The molecule has 1 unspecified atom stereocenters. The van der Waals surface area contributed by atoms with E-state index in [0.717, 1.165) is 0 Å². The normalized spacial score (nSPS) is 17.8. The molecule has 0 bridgehead atoms.